The molecule has 3 rings (SSSR count). The molecule has 1 aromatic rings. The summed E-state index contributed by atoms with van der Waals surface area (Å²) in [4.78, 5) is 17.1. The number of nitrogens with zero attached hydrogens (tertiary/aromatic N) is 2. The average molecular weight is 348 g/mol. The lowest BCUT2D eigenvalue weighted by atomic mass is 10.0. The number of hydrogen-bond acceptors (Lipinski definition) is 5. The van der Waals surface area contributed by atoms with E-state index in [1.54, 1.807) is 7.11 Å². The Morgan fingerprint density at radius 3 is 2.76 bits per heavy atom. The molecule has 2 fully saturated rings. The minimum absolute atomic E-state index is 0.0652. The fourth-order valence-electron chi connectivity index (χ4n) is 3.48. The Kier molecular flexibility index (Phi) is 6.06. The van der Waals surface area contributed by atoms with E-state index < -0.39 is 5.60 Å². The van der Waals surface area contributed by atoms with E-state index in [9.17, 15) is 4.79 Å². The van der Waals surface area contributed by atoms with Gasteiger partial charge in [0.2, 0.25) is 0 Å². The Bertz CT molecular complexity index is 577. The first-order valence-corrected chi connectivity index (χ1v) is 8.91. The zero-order valence-corrected chi connectivity index (χ0v) is 15.2. The van der Waals surface area contributed by atoms with Gasteiger partial charge in [-0.25, -0.2) is 0 Å². The van der Waals surface area contributed by atoms with E-state index in [0.717, 1.165) is 30.8 Å². The standard InChI is InChI=1S/C19H28N2O4/c1-16-3-5-17(6-4-16)18(22)21-9-12-25-19(14-21)13-20(7-10-23-2)8-11-24-15-19/h3-6H,7-15H2,1-2H3/t19-/m1/s1. The van der Waals surface area contributed by atoms with Crippen molar-refractivity contribution >= 4 is 5.91 Å². The highest BCUT2D eigenvalue weighted by atomic mass is 16.5. The van der Waals surface area contributed by atoms with Crippen LogP contribution in [0.25, 0.3) is 0 Å². The van der Waals surface area contributed by atoms with Gasteiger partial charge in [0.05, 0.1) is 33.0 Å². The van der Waals surface area contributed by atoms with Crippen LogP contribution in [0.5, 0.6) is 0 Å². The van der Waals surface area contributed by atoms with Gasteiger partial charge in [0.15, 0.2) is 0 Å². The van der Waals surface area contributed by atoms with E-state index in [2.05, 4.69) is 4.90 Å². The molecule has 0 aromatic heterocycles. The largest absolute Gasteiger partial charge is 0.383 e. The van der Waals surface area contributed by atoms with Crippen molar-refractivity contribution in [2.24, 2.45) is 0 Å². The summed E-state index contributed by atoms with van der Waals surface area (Å²) in [6, 6.07) is 7.75. The summed E-state index contributed by atoms with van der Waals surface area (Å²) in [5, 5.41) is 0. The van der Waals surface area contributed by atoms with Crippen LogP contribution in [0.1, 0.15) is 15.9 Å². The molecule has 0 saturated carbocycles. The van der Waals surface area contributed by atoms with Crippen LogP contribution in [0.3, 0.4) is 0 Å². The van der Waals surface area contributed by atoms with Gasteiger partial charge in [-0.15, -0.1) is 0 Å². The number of amides is 1. The molecule has 1 atom stereocenters. The quantitative estimate of drug-likeness (QED) is 0.818. The molecule has 6 heteroatoms. The molecule has 0 unspecified atom stereocenters. The van der Waals surface area contributed by atoms with Gasteiger partial charge in [0.25, 0.3) is 5.91 Å². The second kappa shape index (κ2) is 8.27. The third-order valence-corrected chi connectivity index (χ3v) is 4.87. The highest BCUT2D eigenvalue weighted by molar-refractivity contribution is 5.94. The highest BCUT2D eigenvalue weighted by Crippen LogP contribution is 2.24. The van der Waals surface area contributed by atoms with Crippen molar-refractivity contribution in [3.8, 4) is 0 Å². The maximum Gasteiger partial charge on any atom is 0.254 e. The van der Waals surface area contributed by atoms with Crippen LogP contribution in [0.2, 0.25) is 0 Å². The van der Waals surface area contributed by atoms with Gasteiger partial charge in [0, 0.05) is 38.9 Å². The summed E-state index contributed by atoms with van der Waals surface area (Å²) >= 11 is 0. The summed E-state index contributed by atoms with van der Waals surface area (Å²) in [6.45, 7) is 8.09. The molecule has 1 aromatic carbocycles. The fraction of sp³-hybridized carbons (Fsp3) is 0.632. The van der Waals surface area contributed by atoms with Crippen LogP contribution in [-0.4, -0.2) is 87.6 Å². The minimum Gasteiger partial charge on any atom is -0.383 e. The van der Waals surface area contributed by atoms with Gasteiger partial charge in [-0.2, -0.15) is 0 Å². The van der Waals surface area contributed by atoms with Crippen molar-refractivity contribution in [1.29, 1.82) is 0 Å². The molecule has 2 heterocycles. The number of morpholine rings is 1. The first-order valence-electron chi connectivity index (χ1n) is 8.91. The number of carbonyl (C=O) groups excluding carboxylic acids is 1. The number of hydrogen-bond donors (Lipinski definition) is 0. The second-order valence-corrected chi connectivity index (χ2v) is 6.95. The molecule has 1 spiro atoms. The Balaban J connectivity index is 1.70. The van der Waals surface area contributed by atoms with E-state index >= 15 is 0 Å². The number of benzene rings is 1. The maximum absolute atomic E-state index is 12.9. The van der Waals surface area contributed by atoms with Gasteiger partial charge >= 0.3 is 0 Å². The molecule has 2 aliphatic rings. The lowest BCUT2D eigenvalue weighted by molar-refractivity contribution is -0.133. The van der Waals surface area contributed by atoms with Gasteiger partial charge in [-0.1, -0.05) is 17.7 Å². The number of methoxy groups -OCH3 is 1. The van der Waals surface area contributed by atoms with Crippen LogP contribution in [0.4, 0.5) is 0 Å². The van der Waals surface area contributed by atoms with Crippen molar-refractivity contribution in [2.75, 3.05) is 66.3 Å². The van der Waals surface area contributed by atoms with Crippen molar-refractivity contribution in [3.05, 3.63) is 35.4 Å². The van der Waals surface area contributed by atoms with Gasteiger partial charge in [-0.3, -0.25) is 9.69 Å². The van der Waals surface area contributed by atoms with Crippen LogP contribution in [0.15, 0.2) is 24.3 Å². The Labute approximate surface area is 149 Å². The van der Waals surface area contributed by atoms with E-state index in [1.165, 1.54) is 0 Å². The minimum atomic E-state index is -0.456. The molecule has 0 radical (unpaired) electrons. The van der Waals surface area contributed by atoms with Crippen LogP contribution in [-0.2, 0) is 14.2 Å². The zero-order chi connectivity index (χ0) is 17.7. The summed E-state index contributed by atoms with van der Waals surface area (Å²) in [6.07, 6.45) is 0. The van der Waals surface area contributed by atoms with Gasteiger partial charge < -0.3 is 19.1 Å². The van der Waals surface area contributed by atoms with Crippen LogP contribution in [0, 0.1) is 6.92 Å². The van der Waals surface area contributed by atoms with Gasteiger partial charge in [-0.05, 0) is 19.1 Å². The topological polar surface area (TPSA) is 51.2 Å². The number of aryl methyl sites for hydroxylation is 1. The summed E-state index contributed by atoms with van der Waals surface area (Å²) < 4.78 is 17.1. The van der Waals surface area contributed by atoms with Crippen molar-refractivity contribution < 1.29 is 19.0 Å². The molecule has 6 nitrogen and oxygen atoms in total. The van der Waals surface area contributed by atoms with Crippen molar-refractivity contribution in [1.82, 2.24) is 9.80 Å². The van der Waals surface area contributed by atoms with Gasteiger partial charge in [0.1, 0.15) is 5.60 Å². The summed E-state index contributed by atoms with van der Waals surface area (Å²) in [5.74, 6) is 0.0652. The van der Waals surface area contributed by atoms with Crippen molar-refractivity contribution in [3.63, 3.8) is 0 Å². The van der Waals surface area contributed by atoms with E-state index in [-0.39, 0.29) is 5.91 Å². The van der Waals surface area contributed by atoms with Crippen molar-refractivity contribution in [2.45, 2.75) is 12.5 Å². The lowest BCUT2D eigenvalue weighted by Crippen LogP contribution is -2.60. The Hall–Kier alpha value is -1.47. The molecule has 1 amide bonds. The predicted molar refractivity (Wildman–Crippen MR) is 94.9 cm³/mol. The van der Waals surface area contributed by atoms with Crippen LogP contribution < -0.4 is 0 Å². The van der Waals surface area contributed by atoms with E-state index in [4.69, 9.17) is 14.2 Å². The smallest absolute Gasteiger partial charge is 0.254 e. The summed E-state index contributed by atoms with van der Waals surface area (Å²) in [5.41, 5.74) is 1.43. The molecular formula is C19H28N2O4. The fourth-order valence-corrected chi connectivity index (χ4v) is 3.48. The molecular weight excluding hydrogens is 320 g/mol. The average Bonchev–Trinajstić information content (AvgIpc) is 2.82. The third-order valence-electron chi connectivity index (χ3n) is 4.87. The second-order valence-electron chi connectivity index (χ2n) is 6.95. The number of rotatable bonds is 4. The molecule has 25 heavy (non-hydrogen) atoms. The lowest BCUT2D eigenvalue weighted by Gasteiger charge is -2.43. The number of carbonyl (C=O) groups is 1. The molecule has 2 aliphatic heterocycles. The SMILES string of the molecule is COCCN1CCOC[C@@]2(C1)CN(C(=O)c1ccc(C)cc1)CCO2. The molecule has 2 saturated heterocycles. The molecule has 0 N–H and O–H groups in total. The Morgan fingerprint density at radius 1 is 1.20 bits per heavy atom. The van der Waals surface area contributed by atoms with E-state index in [1.807, 2.05) is 36.1 Å². The first-order chi connectivity index (χ1) is 12.1. The third kappa shape index (κ3) is 4.58. The molecule has 138 valence electrons. The maximum atomic E-state index is 12.9. The zero-order valence-electron chi connectivity index (χ0n) is 15.2. The Morgan fingerprint density at radius 2 is 2.00 bits per heavy atom. The molecule has 0 aliphatic carbocycles. The highest BCUT2D eigenvalue weighted by Gasteiger charge is 2.41. The number of ether oxygens (including phenoxy) is 3. The normalized spacial score (nSPS) is 25.1. The summed E-state index contributed by atoms with van der Waals surface area (Å²) in [7, 11) is 1.71. The van der Waals surface area contributed by atoms with E-state index in [0.29, 0.717) is 39.5 Å². The monoisotopic (exact) mass is 348 g/mol. The van der Waals surface area contributed by atoms with Crippen LogP contribution >= 0.6 is 0 Å². The predicted octanol–water partition coefficient (Wildman–Crippen LogP) is 1.18. The first kappa shape index (κ1) is 18.3. The molecule has 0 bridgehead atoms.